The van der Waals surface area contributed by atoms with Crippen molar-refractivity contribution in [3.8, 4) is 0 Å². The number of rotatable bonds is 4. The first kappa shape index (κ1) is 15.2. The molecule has 2 rings (SSSR count). The maximum absolute atomic E-state index is 13.5. The second-order valence-corrected chi connectivity index (χ2v) is 5.48. The van der Waals surface area contributed by atoms with E-state index < -0.39 is 11.6 Å². The van der Waals surface area contributed by atoms with Crippen molar-refractivity contribution in [2.45, 2.75) is 18.9 Å². The molecule has 0 bridgehead atoms. The van der Waals surface area contributed by atoms with Gasteiger partial charge in [0.25, 0.3) is 0 Å². The maximum atomic E-state index is 13.5. The molecule has 1 atom stereocenters. The molecule has 0 heterocycles. The van der Waals surface area contributed by atoms with Crippen LogP contribution in [0.2, 0.25) is 10.0 Å². The van der Waals surface area contributed by atoms with Crippen LogP contribution in [0.3, 0.4) is 0 Å². The minimum atomic E-state index is -0.597. The topological polar surface area (TPSA) is 26.0 Å². The molecule has 1 nitrogen and oxygen atoms in total. The molecule has 5 heteroatoms. The third-order valence-electron chi connectivity index (χ3n) is 2.99. The second kappa shape index (κ2) is 6.53. The van der Waals surface area contributed by atoms with E-state index in [1.807, 2.05) is 0 Å². The van der Waals surface area contributed by atoms with Crippen molar-refractivity contribution in [1.29, 1.82) is 0 Å². The van der Waals surface area contributed by atoms with Gasteiger partial charge in [0, 0.05) is 22.2 Å². The lowest BCUT2D eigenvalue weighted by molar-refractivity contribution is 0.558. The highest BCUT2D eigenvalue weighted by molar-refractivity contribution is 6.35. The molecule has 1 unspecified atom stereocenters. The van der Waals surface area contributed by atoms with Crippen molar-refractivity contribution in [3.05, 3.63) is 69.2 Å². The Morgan fingerprint density at radius 2 is 1.60 bits per heavy atom. The van der Waals surface area contributed by atoms with Gasteiger partial charge in [-0.25, -0.2) is 8.78 Å². The van der Waals surface area contributed by atoms with Crippen LogP contribution in [0.4, 0.5) is 8.78 Å². The van der Waals surface area contributed by atoms with Gasteiger partial charge >= 0.3 is 0 Å². The van der Waals surface area contributed by atoms with Crippen LogP contribution < -0.4 is 5.73 Å². The van der Waals surface area contributed by atoms with Crippen molar-refractivity contribution in [2.75, 3.05) is 0 Å². The van der Waals surface area contributed by atoms with E-state index in [4.69, 9.17) is 28.9 Å². The van der Waals surface area contributed by atoms with Crippen molar-refractivity contribution < 1.29 is 8.78 Å². The van der Waals surface area contributed by atoms with E-state index in [2.05, 4.69) is 0 Å². The Morgan fingerprint density at radius 3 is 2.25 bits per heavy atom. The fourth-order valence-corrected chi connectivity index (χ4v) is 2.50. The van der Waals surface area contributed by atoms with Gasteiger partial charge in [-0.05, 0) is 42.2 Å². The molecule has 0 fully saturated rings. The van der Waals surface area contributed by atoms with Crippen LogP contribution in [0.5, 0.6) is 0 Å². The SMILES string of the molecule is NC(Cc1ccc(F)cc1F)Cc1ccc(Cl)cc1Cl. The van der Waals surface area contributed by atoms with Crippen molar-refractivity contribution in [1.82, 2.24) is 0 Å². The van der Waals surface area contributed by atoms with Gasteiger partial charge in [-0.3, -0.25) is 0 Å². The Labute approximate surface area is 126 Å². The van der Waals surface area contributed by atoms with Crippen molar-refractivity contribution >= 4 is 23.2 Å². The van der Waals surface area contributed by atoms with Gasteiger partial charge in [0.2, 0.25) is 0 Å². The van der Waals surface area contributed by atoms with Crippen molar-refractivity contribution in [2.24, 2.45) is 5.73 Å². The first-order chi connectivity index (χ1) is 9.45. The first-order valence-electron chi connectivity index (χ1n) is 6.09. The monoisotopic (exact) mass is 315 g/mol. The highest BCUT2D eigenvalue weighted by Gasteiger charge is 2.12. The number of halogens is 4. The summed E-state index contributed by atoms with van der Waals surface area (Å²) in [5.41, 5.74) is 7.25. The molecule has 0 saturated heterocycles. The van der Waals surface area contributed by atoms with E-state index in [1.165, 1.54) is 12.1 Å². The highest BCUT2D eigenvalue weighted by atomic mass is 35.5. The number of nitrogens with two attached hydrogens (primary N) is 1. The molecule has 2 aromatic carbocycles. The summed E-state index contributed by atoms with van der Waals surface area (Å²) in [6.45, 7) is 0. The molecule has 0 aliphatic rings. The van der Waals surface area contributed by atoms with Gasteiger partial charge in [-0.2, -0.15) is 0 Å². The Bertz CT molecular complexity index is 563. The van der Waals surface area contributed by atoms with Crippen LogP contribution in [0.15, 0.2) is 36.4 Å². The van der Waals surface area contributed by atoms with Crippen molar-refractivity contribution in [3.63, 3.8) is 0 Å². The van der Waals surface area contributed by atoms with Gasteiger partial charge in [0.15, 0.2) is 0 Å². The molecule has 0 saturated carbocycles. The zero-order valence-electron chi connectivity index (χ0n) is 10.5. The first-order valence-corrected chi connectivity index (χ1v) is 6.84. The highest BCUT2D eigenvalue weighted by Crippen LogP contribution is 2.22. The predicted molar refractivity (Wildman–Crippen MR) is 78.2 cm³/mol. The van der Waals surface area contributed by atoms with Crippen LogP contribution in [0, 0.1) is 11.6 Å². The van der Waals surface area contributed by atoms with Gasteiger partial charge in [-0.15, -0.1) is 0 Å². The van der Waals surface area contributed by atoms with Crippen LogP contribution in [0.25, 0.3) is 0 Å². The fraction of sp³-hybridized carbons (Fsp3) is 0.200. The van der Waals surface area contributed by atoms with Crippen LogP contribution in [0.1, 0.15) is 11.1 Å². The molecule has 2 N–H and O–H groups in total. The zero-order chi connectivity index (χ0) is 14.7. The Morgan fingerprint density at radius 1 is 0.950 bits per heavy atom. The average molecular weight is 316 g/mol. The molecule has 0 aliphatic heterocycles. The average Bonchev–Trinajstić information content (AvgIpc) is 2.36. The van der Waals surface area contributed by atoms with E-state index >= 15 is 0 Å². The lowest BCUT2D eigenvalue weighted by Gasteiger charge is -2.13. The fourth-order valence-electron chi connectivity index (χ4n) is 2.01. The Balaban J connectivity index is 2.07. The van der Waals surface area contributed by atoms with Gasteiger partial charge in [-0.1, -0.05) is 35.3 Å². The molecular weight excluding hydrogens is 303 g/mol. The molecular formula is C15H13Cl2F2N. The standard InChI is InChI=1S/C15H13Cl2F2N/c16-11-3-1-9(14(17)7-11)5-13(20)6-10-2-4-12(18)8-15(10)19/h1-4,7-8,13H,5-6,20H2. The molecule has 2 aromatic rings. The quantitative estimate of drug-likeness (QED) is 0.890. The van der Waals surface area contributed by atoms with E-state index in [0.29, 0.717) is 28.5 Å². The third kappa shape index (κ3) is 3.92. The van der Waals surface area contributed by atoms with E-state index in [0.717, 1.165) is 11.6 Å². The summed E-state index contributed by atoms with van der Waals surface area (Å²) in [6.07, 6.45) is 0.803. The maximum Gasteiger partial charge on any atom is 0.129 e. The molecule has 0 spiro atoms. The minimum absolute atomic E-state index is 0.311. The summed E-state index contributed by atoms with van der Waals surface area (Å²) in [4.78, 5) is 0. The van der Waals surface area contributed by atoms with E-state index in [9.17, 15) is 8.78 Å². The normalized spacial score (nSPS) is 12.4. The van der Waals surface area contributed by atoms with Gasteiger partial charge in [0.1, 0.15) is 11.6 Å². The molecule has 20 heavy (non-hydrogen) atoms. The zero-order valence-corrected chi connectivity index (χ0v) is 12.1. The molecule has 0 radical (unpaired) electrons. The molecule has 0 amide bonds. The summed E-state index contributed by atoms with van der Waals surface area (Å²) in [6, 6.07) is 8.35. The molecule has 106 valence electrons. The second-order valence-electron chi connectivity index (χ2n) is 4.64. The van der Waals surface area contributed by atoms with Gasteiger partial charge < -0.3 is 5.73 Å². The van der Waals surface area contributed by atoms with Gasteiger partial charge in [0.05, 0.1) is 0 Å². The summed E-state index contributed by atoms with van der Waals surface area (Å²) >= 11 is 11.9. The number of hydrogen-bond donors (Lipinski definition) is 1. The minimum Gasteiger partial charge on any atom is -0.327 e. The number of hydrogen-bond acceptors (Lipinski definition) is 1. The molecule has 0 aliphatic carbocycles. The smallest absolute Gasteiger partial charge is 0.129 e. The summed E-state index contributed by atoms with van der Waals surface area (Å²) in [5.74, 6) is -1.18. The summed E-state index contributed by atoms with van der Waals surface area (Å²) < 4.78 is 26.4. The lowest BCUT2D eigenvalue weighted by Crippen LogP contribution is -2.26. The Hall–Kier alpha value is -1.16. The summed E-state index contributed by atoms with van der Waals surface area (Å²) in [5, 5.41) is 1.09. The van der Waals surface area contributed by atoms with Crippen LogP contribution >= 0.6 is 23.2 Å². The summed E-state index contributed by atoms with van der Waals surface area (Å²) in [7, 11) is 0. The Kier molecular flexibility index (Phi) is 4.97. The largest absolute Gasteiger partial charge is 0.327 e. The van der Waals surface area contributed by atoms with E-state index in [1.54, 1.807) is 18.2 Å². The van der Waals surface area contributed by atoms with Crippen LogP contribution in [-0.2, 0) is 12.8 Å². The predicted octanol–water partition coefficient (Wildman–Crippen LogP) is 4.38. The van der Waals surface area contributed by atoms with Crippen LogP contribution in [-0.4, -0.2) is 6.04 Å². The third-order valence-corrected chi connectivity index (χ3v) is 3.58. The molecule has 0 aromatic heterocycles. The number of benzene rings is 2. The van der Waals surface area contributed by atoms with E-state index in [-0.39, 0.29) is 6.04 Å². The lowest BCUT2D eigenvalue weighted by atomic mass is 9.99.